The van der Waals surface area contributed by atoms with Crippen LogP contribution in [0.25, 0.3) is 10.8 Å². The highest BCUT2D eigenvalue weighted by atomic mass is 16.5. The Morgan fingerprint density at radius 3 is 2.68 bits per heavy atom. The van der Waals surface area contributed by atoms with Gasteiger partial charge in [-0.05, 0) is 31.2 Å². The summed E-state index contributed by atoms with van der Waals surface area (Å²) in [7, 11) is 0. The first-order valence-electron chi connectivity index (χ1n) is 9.56. The third-order valence-electron chi connectivity index (χ3n) is 6.81. The number of nitrogens with zero attached hydrogens (tertiary/aromatic N) is 2. The van der Waals surface area contributed by atoms with E-state index < -0.39 is 23.0 Å². The number of rotatable bonds is 3. The Kier molecular flexibility index (Phi) is 3.49. The van der Waals surface area contributed by atoms with Gasteiger partial charge in [-0.1, -0.05) is 30.3 Å². The number of hydrogen-bond donors (Lipinski definition) is 1. The quantitative estimate of drug-likeness (QED) is 0.832. The standard InChI is InChI=1S/C22H20N2O4/c1-21-8-9-22(28-21,10-11-25)18-17(21)19(26)24(20(18)27)16-7-6-13-4-2-3-5-14(13)15(16)12-23/h2-7,17-18,25H,8-11H2,1H3. The minimum Gasteiger partial charge on any atom is -0.396 e. The lowest BCUT2D eigenvalue weighted by molar-refractivity contribution is -0.131. The summed E-state index contributed by atoms with van der Waals surface area (Å²) in [5.41, 5.74) is -0.827. The molecular weight excluding hydrogens is 356 g/mol. The largest absolute Gasteiger partial charge is 0.396 e. The van der Waals surface area contributed by atoms with Gasteiger partial charge in [-0.25, -0.2) is 4.90 Å². The number of benzene rings is 2. The van der Waals surface area contributed by atoms with Gasteiger partial charge in [0.25, 0.3) is 0 Å². The van der Waals surface area contributed by atoms with Crippen LogP contribution in [0.1, 0.15) is 31.7 Å². The molecule has 3 heterocycles. The molecule has 142 valence electrons. The van der Waals surface area contributed by atoms with Crippen molar-refractivity contribution in [2.45, 2.75) is 37.4 Å². The van der Waals surface area contributed by atoms with Gasteiger partial charge in [0.05, 0.1) is 34.3 Å². The van der Waals surface area contributed by atoms with E-state index >= 15 is 0 Å². The summed E-state index contributed by atoms with van der Waals surface area (Å²) in [4.78, 5) is 28.0. The molecule has 3 aliphatic rings. The Morgan fingerprint density at radius 2 is 1.93 bits per heavy atom. The maximum Gasteiger partial charge on any atom is 0.240 e. The van der Waals surface area contributed by atoms with Crippen LogP contribution in [0.5, 0.6) is 0 Å². The van der Waals surface area contributed by atoms with Crippen molar-refractivity contribution in [2.75, 3.05) is 11.5 Å². The number of imide groups is 1. The highest BCUT2D eigenvalue weighted by molar-refractivity contribution is 6.24. The van der Waals surface area contributed by atoms with Gasteiger partial charge in [0.1, 0.15) is 6.07 Å². The molecule has 0 aliphatic carbocycles. The number of carbonyl (C=O) groups is 2. The van der Waals surface area contributed by atoms with Crippen LogP contribution in [0.4, 0.5) is 5.69 Å². The maximum atomic E-state index is 13.4. The molecule has 2 aromatic rings. The number of fused-ring (bicyclic) bond motifs is 6. The highest BCUT2D eigenvalue weighted by Gasteiger charge is 2.73. The molecule has 0 saturated carbocycles. The van der Waals surface area contributed by atoms with Gasteiger partial charge in [-0.3, -0.25) is 9.59 Å². The fourth-order valence-electron chi connectivity index (χ4n) is 5.60. The van der Waals surface area contributed by atoms with Crippen LogP contribution in [0, 0.1) is 23.2 Å². The number of carbonyl (C=O) groups excluding carboxylic acids is 2. The lowest BCUT2D eigenvalue weighted by Gasteiger charge is -2.30. The topological polar surface area (TPSA) is 90.6 Å². The van der Waals surface area contributed by atoms with E-state index in [0.29, 0.717) is 30.5 Å². The fraction of sp³-hybridized carbons (Fsp3) is 0.409. The number of aliphatic hydroxyl groups is 1. The molecule has 3 aliphatic heterocycles. The molecule has 3 saturated heterocycles. The first-order chi connectivity index (χ1) is 13.5. The lowest BCUT2D eigenvalue weighted by Crippen LogP contribution is -2.42. The van der Waals surface area contributed by atoms with E-state index in [4.69, 9.17) is 4.74 Å². The van der Waals surface area contributed by atoms with Crippen LogP contribution < -0.4 is 4.90 Å². The van der Waals surface area contributed by atoms with Crippen LogP contribution in [0.2, 0.25) is 0 Å². The van der Waals surface area contributed by atoms with Gasteiger partial charge < -0.3 is 9.84 Å². The molecular formula is C22H20N2O4. The number of aliphatic hydroxyl groups excluding tert-OH is 1. The van der Waals surface area contributed by atoms with Crippen molar-refractivity contribution in [1.29, 1.82) is 5.26 Å². The van der Waals surface area contributed by atoms with Crippen LogP contribution in [0.15, 0.2) is 36.4 Å². The second-order valence-electron chi connectivity index (χ2n) is 8.21. The van der Waals surface area contributed by atoms with Gasteiger partial charge in [-0.2, -0.15) is 5.26 Å². The predicted molar refractivity (Wildman–Crippen MR) is 101 cm³/mol. The van der Waals surface area contributed by atoms with Crippen molar-refractivity contribution in [2.24, 2.45) is 11.8 Å². The number of anilines is 1. The molecule has 6 heteroatoms. The van der Waals surface area contributed by atoms with E-state index in [1.807, 2.05) is 37.3 Å². The van der Waals surface area contributed by atoms with Crippen LogP contribution in [-0.4, -0.2) is 34.7 Å². The summed E-state index contributed by atoms with van der Waals surface area (Å²) < 4.78 is 6.21. The minimum absolute atomic E-state index is 0.0970. The Hall–Kier alpha value is -2.75. The zero-order chi connectivity index (χ0) is 19.7. The van der Waals surface area contributed by atoms with Gasteiger partial charge in [-0.15, -0.1) is 0 Å². The fourth-order valence-corrected chi connectivity index (χ4v) is 5.60. The van der Waals surface area contributed by atoms with Gasteiger partial charge in [0, 0.05) is 18.4 Å². The van der Waals surface area contributed by atoms with E-state index in [1.165, 1.54) is 4.90 Å². The molecule has 2 amide bonds. The van der Waals surface area contributed by atoms with Gasteiger partial charge in [0.15, 0.2) is 0 Å². The maximum absolute atomic E-state index is 13.4. The van der Waals surface area contributed by atoms with Crippen molar-refractivity contribution in [1.82, 2.24) is 0 Å². The normalized spacial score (nSPS) is 33.5. The summed E-state index contributed by atoms with van der Waals surface area (Å²) in [6.45, 7) is 1.79. The highest BCUT2D eigenvalue weighted by Crippen LogP contribution is 2.62. The van der Waals surface area contributed by atoms with E-state index in [-0.39, 0.29) is 18.4 Å². The Labute approximate surface area is 162 Å². The summed E-state index contributed by atoms with van der Waals surface area (Å²) in [5, 5.41) is 20.9. The van der Waals surface area contributed by atoms with E-state index in [9.17, 15) is 20.0 Å². The van der Waals surface area contributed by atoms with Crippen molar-refractivity contribution < 1.29 is 19.4 Å². The Morgan fingerprint density at radius 1 is 1.18 bits per heavy atom. The molecule has 28 heavy (non-hydrogen) atoms. The van der Waals surface area contributed by atoms with Crippen molar-refractivity contribution in [3.63, 3.8) is 0 Å². The molecule has 0 radical (unpaired) electrons. The van der Waals surface area contributed by atoms with Crippen molar-refractivity contribution in [3.05, 3.63) is 42.0 Å². The average molecular weight is 376 g/mol. The third kappa shape index (κ3) is 1.98. The van der Waals surface area contributed by atoms with Crippen molar-refractivity contribution in [3.8, 4) is 6.07 Å². The smallest absolute Gasteiger partial charge is 0.240 e. The third-order valence-corrected chi connectivity index (χ3v) is 6.81. The Balaban J connectivity index is 1.66. The average Bonchev–Trinajstić information content (AvgIpc) is 3.26. The van der Waals surface area contributed by atoms with E-state index in [0.717, 1.165) is 10.8 Å². The van der Waals surface area contributed by atoms with Crippen LogP contribution >= 0.6 is 0 Å². The number of hydrogen-bond acceptors (Lipinski definition) is 5. The SMILES string of the molecule is CC12CCC(CCO)(O1)C1C(=O)N(c3ccc4ccccc4c3C#N)C(=O)C12. The molecule has 4 unspecified atom stereocenters. The number of ether oxygens (including phenoxy) is 1. The molecule has 0 spiro atoms. The minimum atomic E-state index is -0.792. The number of nitriles is 1. The van der Waals surface area contributed by atoms with E-state index in [1.54, 1.807) is 6.07 Å². The molecule has 1 N–H and O–H groups in total. The monoisotopic (exact) mass is 376 g/mol. The van der Waals surface area contributed by atoms with Crippen molar-refractivity contribution >= 4 is 28.3 Å². The molecule has 2 aromatic carbocycles. The lowest BCUT2D eigenvalue weighted by atomic mass is 9.67. The van der Waals surface area contributed by atoms with Gasteiger partial charge in [0.2, 0.25) is 11.8 Å². The molecule has 0 aromatic heterocycles. The zero-order valence-electron chi connectivity index (χ0n) is 15.5. The summed E-state index contributed by atoms with van der Waals surface area (Å²) in [5.74, 6) is -1.80. The zero-order valence-corrected chi connectivity index (χ0v) is 15.5. The van der Waals surface area contributed by atoms with E-state index in [2.05, 4.69) is 6.07 Å². The summed E-state index contributed by atoms with van der Waals surface area (Å²) in [6, 6.07) is 13.1. The van der Waals surface area contributed by atoms with Gasteiger partial charge >= 0.3 is 0 Å². The molecule has 4 atom stereocenters. The second kappa shape index (κ2) is 5.63. The first-order valence-corrected chi connectivity index (χ1v) is 9.56. The summed E-state index contributed by atoms with van der Waals surface area (Å²) in [6.07, 6.45) is 1.67. The van der Waals surface area contributed by atoms with Crippen LogP contribution in [0.3, 0.4) is 0 Å². The predicted octanol–water partition coefficient (Wildman–Crippen LogP) is 2.52. The molecule has 2 bridgehead atoms. The van der Waals surface area contributed by atoms with Crippen LogP contribution in [-0.2, 0) is 14.3 Å². The Bertz CT molecular complexity index is 1070. The molecule has 6 nitrogen and oxygen atoms in total. The molecule has 5 rings (SSSR count). The second-order valence-corrected chi connectivity index (χ2v) is 8.21. The first kappa shape index (κ1) is 17.4. The molecule has 3 fully saturated rings. The number of amides is 2. The summed E-state index contributed by atoms with van der Waals surface area (Å²) >= 11 is 0.